The van der Waals surface area contributed by atoms with Crippen molar-refractivity contribution in [2.75, 3.05) is 12.4 Å². The molecule has 0 amide bonds. The first-order chi connectivity index (χ1) is 13.7. The van der Waals surface area contributed by atoms with E-state index in [0.29, 0.717) is 6.54 Å². The molecule has 0 atom stereocenters. The van der Waals surface area contributed by atoms with Crippen molar-refractivity contribution in [3.05, 3.63) is 77.4 Å². The lowest BCUT2D eigenvalue weighted by Gasteiger charge is -2.17. The molecule has 0 heterocycles. The van der Waals surface area contributed by atoms with Gasteiger partial charge in [0.15, 0.2) is 0 Å². The van der Waals surface area contributed by atoms with Crippen molar-refractivity contribution in [3.63, 3.8) is 0 Å². The lowest BCUT2D eigenvalue weighted by atomic mass is 10.1. The Hall–Kier alpha value is -3.34. The fourth-order valence-corrected chi connectivity index (χ4v) is 2.44. The van der Waals surface area contributed by atoms with E-state index >= 15 is 0 Å². The monoisotopic (exact) mass is 393 g/mol. The van der Waals surface area contributed by atoms with E-state index in [0.717, 1.165) is 22.4 Å². The van der Waals surface area contributed by atoms with Crippen LogP contribution in [0, 0.1) is 0 Å². The van der Waals surface area contributed by atoms with Crippen molar-refractivity contribution in [1.82, 2.24) is 0 Å². The van der Waals surface area contributed by atoms with Gasteiger partial charge >= 0.3 is 11.9 Å². The van der Waals surface area contributed by atoms with Crippen LogP contribution in [0.3, 0.4) is 0 Å². The van der Waals surface area contributed by atoms with Crippen LogP contribution in [0.2, 0.25) is 0 Å². The Bertz CT molecular complexity index is 890. The average Bonchev–Trinajstić information content (AvgIpc) is 2.68. The summed E-state index contributed by atoms with van der Waals surface area (Å²) in [6.45, 7) is 6.17. The van der Waals surface area contributed by atoms with Gasteiger partial charge in [-0.15, -0.1) is 0 Å². The number of carbonyl (C=O) groups is 2. The predicted molar refractivity (Wildman–Crippen MR) is 116 cm³/mol. The predicted octanol–water partition coefficient (Wildman–Crippen LogP) is 4.84. The highest BCUT2D eigenvalue weighted by molar-refractivity contribution is 5.87. The van der Waals surface area contributed by atoms with Crippen LogP contribution in [-0.2, 0) is 25.6 Å². The van der Waals surface area contributed by atoms with Gasteiger partial charge in [0, 0.05) is 24.4 Å². The molecule has 0 unspecified atom stereocenters. The minimum atomic E-state index is -0.497. The maximum absolute atomic E-state index is 11.7. The molecule has 0 saturated heterocycles. The van der Waals surface area contributed by atoms with Gasteiger partial charge in [-0.3, -0.25) is 0 Å². The van der Waals surface area contributed by atoms with Gasteiger partial charge < -0.3 is 14.8 Å². The molecule has 0 aliphatic heterocycles. The molecule has 1 N–H and O–H groups in total. The van der Waals surface area contributed by atoms with E-state index in [-0.39, 0.29) is 11.9 Å². The standard InChI is InChI=1S/C24H27NO4/c1-24(2,3)29-23(27)15-12-18-8-10-20(11-9-18)17-25-21-7-5-6-19(16-21)13-14-22(26)28-4/h5-16,25H,17H2,1-4H3. The Morgan fingerprint density at radius 2 is 1.59 bits per heavy atom. The fourth-order valence-electron chi connectivity index (χ4n) is 2.44. The van der Waals surface area contributed by atoms with E-state index in [1.165, 1.54) is 19.3 Å². The highest BCUT2D eigenvalue weighted by atomic mass is 16.6. The van der Waals surface area contributed by atoms with E-state index < -0.39 is 5.60 Å². The maximum Gasteiger partial charge on any atom is 0.331 e. The SMILES string of the molecule is COC(=O)C=Cc1cccc(NCc2ccc(C=CC(=O)OC(C)(C)C)cc2)c1. The number of benzene rings is 2. The van der Waals surface area contributed by atoms with Gasteiger partial charge in [-0.2, -0.15) is 0 Å². The number of hydrogen-bond acceptors (Lipinski definition) is 5. The Balaban J connectivity index is 1.91. The average molecular weight is 393 g/mol. The third kappa shape index (κ3) is 8.47. The molecule has 2 rings (SSSR count). The van der Waals surface area contributed by atoms with Gasteiger partial charge in [0.2, 0.25) is 0 Å². The first-order valence-electron chi connectivity index (χ1n) is 9.35. The minimum Gasteiger partial charge on any atom is -0.466 e. The van der Waals surface area contributed by atoms with Crippen LogP contribution < -0.4 is 5.32 Å². The zero-order chi connectivity index (χ0) is 21.3. The van der Waals surface area contributed by atoms with E-state index in [1.807, 2.05) is 69.3 Å². The van der Waals surface area contributed by atoms with E-state index in [2.05, 4.69) is 10.1 Å². The summed E-state index contributed by atoms with van der Waals surface area (Å²) in [7, 11) is 1.35. The zero-order valence-electron chi connectivity index (χ0n) is 17.3. The molecule has 2 aromatic rings. The number of anilines is 1. The van der Waals surface area contributed by atoms with Gasteiger partial charge in [0.25, 0.3) is 0 Å². The summed E-state index contributed by atoms with van der Waals surface area (Å²) >= 11 is 0. The van der Waals surface area contributed by atoms with Crippen LogP contribution in [0.4, 0.5) is 5.69 Å². The maximum atomic E-state index is 11.7. The van der Waals surface area contributed by atoms with Crippen LogP contribution in [0.5, 0.6) is 0 Å². The van der Waals surface area contributed by atoms with E-state index in [4.69, 9.17) is 4.74 Å². The topological polar surface area (TPSA) is 64.6 Å². The number of esters is 2. The summed E-state index contributed by atoms with van der Waals surface area (Å²) in [4.78, 5) is 22.9. The number of methoxy groups -OCH3 is 1. The van der Waals surface area contributed by atoms with Crippen molar-refractivity contribution >= 4 is 29.8 Å². The molecule has 0 aliphatic carbocycles. The summed E-state index contributed by atoms with van der Waals surface area (Å²) in [5, 5.41) is 3.36. The summed E-state index contributed by atoms with van der Waals surface area (Å²) in [5.41, 5.74) is 3.39. The first-order valence-corrected chi connectivity index (χ1v) is 9.35. The Kier molecular flexibility index (Phi) is 7.78. The molecule has 0 fully saturated rings. The summed E-state index contributed by atoms with van der Waals surface area (Å²) in [5.74, 6) is -0.742. The van der Waals surface area contributed by atoms with Gasteiger partial charge in [-0.1, -0.05) is 36.4 Å². The summed E-state index contributed by atoms with van der Waals surface area (Å²) in [6.07, 6.45) is 6.28. The van der Waals surface area contributed by atoms with Crippen molar-refractivity contribution in [3.8, 4) is 0 Å². The van der Waals surface area contributed by atoms with E-state index in [9.17, 15) is 9.59 Å². The fraction of sp³-hybridized carbons (Fsp3) is 0.250. The van der Waals surface area contributed by atoms with Gasteiger partial charge in [0.1, 0.15) is 5.60 Å². The van der Waals surface area contributed by atoms with Gasteiger partial charge in [0.05, 0.1) is 7.11 Å². The molecule has 5 heteroatoms. The van der Waals surface area contributed by atoms with Gasteiger partial charge in [-0.25, -0.2) is 9.59 Å². The van der Waals surface area contributed by atoms with Crippen LogP contribution in [0.1, 0.15) is 37.5 Å². The van der Waals surface area contributed by atoms with E-state index in [1.54, 1.807) is 12.2 Å². The Labute approximate surface area is 172 Å². The zero-order valence-corrected chi connectivity index (χ0v) is 17.3. The minimum absolute atomic E-state index is 0.357. The summed E-state index contributed by atoms with van der Waals surface area (Å²) < 4.78 is 9.85. The normalized spacial score (nSPS) is 11.6. The third-order valence-corrected chi connectivity index (χ3v) is 3.79. The molecule has 0 spiro atoms. The lowest BCUT2D eigenvalue weighted by molar-refractivity contribution is -0.148. The molecule has 5 nitrogen and oxygen atoms in total. The number of nitrogens with one attached hydrogen (secondary N) is 1. The first kappa shape index (κ1) is 22.0. The molecule has 152 valence electrons. The molecule has 2 aromatic carbocycles. The van der Waals surface area contributed by atoms with Crippen molar-refractivity contribution in [2.45, 2.75) is 32.9 Å². The van der Waals surface area contributed by atoms with Crippen molar-refractivity contribution < 1.29 is 19.1 Å². The van der Waals surface area contributed by atoms with Crippen LogP contribution in [-0.4, -0.2) is 24.6 Å². The molecule has 0 bridgehead atoms. The molecular weight excluding hydrogens is 366 g/mol. The van der Waals surface area contributed by atoms with Crippen molar-refractivity contribution in [1.29, 1.82) is 0 Å². The van der Waals surface area contributed by atoms with Crippen LogP contribution in [0.15, 0.2) is 60.7 Å². The number of ether oxygens (including phenoxy) is 2. The van der Waals surface area contributed by atoms with Crippen molar-refractivity contribution in [2.24, 2.45) is 0 Å². The van der Waals surface area contributed by atoms with Crippen LogP contribution in [0.25, 0.3) is 12.2 Å². The smallest absolute Gasteiger partial charge is 0.331 e. The third-order valence-electron chi connectivity index (χ3n) is 3.79. The summed E-state index contributed by atoms with van der Waals surface area (Å²) in [6, 6.07) is 15.7. The number of rotatable bonds is 7. The Morgan fingerprint density at radius 3 is 2.24 bits per heavy atom. The molecule has 0 aliphatic rings. The molecular formula is C24H27NO4. The second kappa shape index (κ2) is 10.3. The largest absolute Gasteiger partial charge is 0.466 e. The quantitative estimate of drug-likeness (QED) is 0.539. The Morgan fingerprint density at radius 1 is 0.931 bits per heavy atom. The lowest BCUT2D eigenvalue weighted by Crippen LogP contribution is -2.22. The second-order valence-corrected chi connectivity index (χ2v) is 7.44. The molecule has 0 saturated carbocycles. The number of carbonyl (C=O) groups excluding carboxylic acids is 2. The number of hydrogen-bond donors (Lipinski definition) is 1. The highest BCUT2D eigenvalue weighted by Gasteiger charge is 2.13. The molecule has 0 aromatic heterocycles. The molecule has 0 radical (unpaired) electrons. The van der Waals surface area contributed by atoms with Gasteiger partial charge in [-0.05, 0) is 61.7 Å². The highest BCUT2D eigenvalue weighted by Crippen LogP contribution is 2.15. The molecule has 29 heavy (non-hydrogen) atoms. The second-order valence-electron chi connectivity index (χ2n) is 7.44. The van der Waals surface area contributed by atoms with Crippen LogP contribution >= 0.6 is 0 Å².